The van der Waals surface area contributed by atoms with Crippen LogP contribution in [0, 0.1) is 0 Å². The number of esters is 1. The molecule has 0 heterocycles. The van der Waals surface area contributed by atoms with Crippen LogP contribution in [0.15, 0.2) is 30.3 Å². The summed E-state index contributed by atoms with van der Waals surface area (Å²) in [4.78, 5) is 23.8. The second-order valence-corrected chi connectivity index (χ2v) is 6.08. The molecule has 0 saturated carbocycles. The first-order chi connectivity index (χ1) is 9.81. The molecule has 1 rings (SSSR count). The molecule has 0 aliphatic heterocycles. The fraction of sp³-hybridized carbons (Fsp3) is 0.467. The molecule has 0 bridgehead atoms. The number of alkyl halides is 1. The third-order valence-corrected chi connectivity index (χ3v) is 2.77. The van der Waals surface area contributed by atoms with Crippen molar-refractivity contribution in [3.8, 4) is 0 Å². The van der Waals surface area contributed by atoms with E-state index in [-0.39, 0.29) is 4.61 Å². The van der Waals surface area contributed by atoms with Gasteiger partial charge in [0, 0.05) is 6.42 Å². The minimum Gasteiger partial charge on any atom is -0.453 e. The van der Waals surface area contributed by atoms with Crippen molar-refractivity contribution in [1.82, 2.24) is 5.32 Å². The van der Waals surface area contributed by atoms with Crippen molar-refractivity contribution in [3.63, 3.8) is 0 Å². The predicted molar refractivity (Wildman–Crippen MR) is 88.3 cm³/mol. The Kier molecular flexibility index (Phi) is 6.94. The van der Waals surface area contributed by atoms with Crippen LogP contribution >= 0.6 is 22.6 Å². The van der Waals surface area contributed by atoms with Gasteiger partial charge in [-0.3, -0.25) is 0 Å². The molecule has 1 amide bonds. The molecule has 0 aliphatic rings. The molecule has 21 heavy (non-hydrogen) atoms. The molecular formula is C15H20INO4. The maximum atomic E-state index is 12.0. The van der Waals surface area contributed by atoms with Crippen molar-refractivity contribution < 1.29 is 19.1 Å². The number of hydrogen-bond donors (Lipinski definition) is 1. The van der Waals surface area contributed by atoms with E-state index in [0.29, 0.717) is 6.42 Å². The highest BCUT2D eigenvalue weighted by atomic mass is 127. The van der Waals surface area contributed by atoms with Crippen molar-refractivity contribution in [2.75, 3.05) is 4.61 Å². The average molecular weight is 405 g/mol. The van der Waals surface area contributed by atoms with E-state index >= 15 is 0 Å². The van der Waals surface area contributed by atoms with Crippen LogP contribution in [0.25, 0.3) is 0 Å². The van der Waals surface area contributed by atoms with E-state index in [2.05, 4.69) is 5.32 Å². The van der Waals surface area contributed by atoms with Crippen LogP contribution in [0.2, 0.25) is 0 Å². The van der Waals surface area contributed by atoms with Gasteiger partial charge in [-0.05, 0) is 48.9 Å². The molecule has 1 atom stereocenters. The fourth-order valence-corrected chi connectivity index (χ4v) is 1.95. The SMILES string of the molecule is CC(C)(C)OC(=O)N[C@@H](Cc1ccccc1)C(=O)OCI. The highest BCUT2D eigenvalue weighted by Crippen LogP contribution is 2.09. The molecule has 116 valence electrons. The van der Waals surface area contributed by atoms with Crippen LogP contribution in [-0.4, -0.2) is 28.3 Å². The van der Waals surface area contributed by atoms with Gasteiger partial charge in [0.05, 0.1) is 0 Å². The van der Waals surface area contributed by atoms with Crippen molar-refractivity contribution >= 4 is 34.7 Å². The Morgan fingerprint density at radius 3 is 2.38 bits per heavy atom. The van der Waals surface area contributed by atoms with Crippen LogP contribution in [0.4, 0.5) is 4.79 Å². The second kappa shape index (κ2) is 8.21. The monoisotopic (exact) mass is 405 g/mol. The van der Waals surface area contributed by atoms with Gasteiger partial charge in [-0.25, -0.2) is 9.59 Å². The first-order valence-corrected chi connectivity index (χ1v) is 8.10. The molecule has 1 N–H and O–H groups in total. The first kappa shape index (κ1) is 17.7. The number of hydrogen-bond acceptors (Lipinski definition) is 4. The lowest BCUT2D eigenvalue weighted by Crippen LogP contribution is -2.45. The summed E-state index contributed by atoms with van der Waals surface area (Å²) < 4.78 is 10.4. The summed E-state index contributed by atoms with van der Waals surface area (Å²) in [5.74, 6) is -0.473. The number of alkyl carbamates (subject to hydrolysis) is 1. The lowest BCUT2D eigenvalue weighted by Gasteiger charge is -2.22. The van der Waals surface area contributed by atoms with Crippen LogP contribution in [0.3, 0.4) is 0 Å². The lowest BCUT2D eigenvalue weighted by atomic mass is 10.1. The Hall–Kier alpha value is -1.31. The van der Waals surface area contributed by atoms with Crippen molar-refractivity contribution in [2.45, 2.75) is 38.8 Å². The normalized spacial score (nSPS) is 12.4. The molecule has 6 heteroatoms. The van der Waals surface area contributed by atoms with E-state index in [1.54, 1.807) is 20.8 Å². The van der Waals surface area contributed by atoms with Gasteiger partial charge in [-0.15, -0.1) is 0 Å². The number of carbonyl (C=O) groups is 2. The van der Waals surface area contributed by atoms with Gasteiger partial charge < -0.3 is 14.8 Å². The Morgan fingerprint density at radius 1 is 1.24 bits per heavy atom. The Morgan fingerprint density at radius 2 is 1.86 bits per heavy atom. The lowest BCUT2D eigenvalue weighted by molar-refractivity contribution is -0.143. The predicted octanol–water partition coefficient (Wildman–Crippen LogP) is 3.06. The molecule has 0 saturated heterocycles. The molecular weight excluding hydrogens is 385 g/mol. The molecule has 5 nitrogen and oxygen atoms in total. The highest BCUT2D eigenvalue weighted by Gasteiger charge is 2.25. The summed E-state index contributed by atoms with van der Waals surface area (Å²) in [7, 11) is 0. The number of rotatable bonds is 5. The number of benzene rings is 1. The molecule has 0 fully saturated rings. The van der Waals surface area contributed by atoms with E-state index in [0.717, 1.165) is 5.56 Å². The third-order valence-electron chi connectivity index (χ3n) is 2.45. The summed E-state index contributed by atoms with van der Waals surface area (Å²) in [6.07, 6.45) is -0.274. The quantitative estimate of drug-likeness (QED) is 0.465. The highest BCUT2D eigenvalue weighted by molar-refractivity contribution is 14.1. The second-order valence-electron chi connectivity index (χ2n) is 5.46. The molecule has 1 aromatic rings. The third kappa shape index (κ3) is 7.31. The topological polar surface area (TPSA) is 64.6 Å². The van der Waals surface area contributed by atoms with E-state index in [4.69, 9.17) is 9.47 Å². The number of ether oxygens (including phenoxy) is 2. The zero-order valence-electron chi connectivity index (χ0n) is 12.4. The van der Waals surface area contributed by atoms with Crippen LogP contribution < -0.4 is 5.32 Å². The molecule has 0 aliphatic carbocycles. The molecule has 0 unspecified atom stereocenters. The Bertz CT molecular complexity index is 470. The van der Waals surface area contributed by atoms with Crippen LogP contribution in [0.5, 0.6) is 0 Å². The van der Waals surface area contributed by atoms with Gasteiger partial charge in [-0.2, -0.15) is 0 Å². The van der Waals surface area contributed by atoms with Crippen molar-refractivity contribution in [3.05, 3.63) is 35.9 Å². The number of nitrogens with one attached hydrogen (secondary N) is 1. The van der Waals surface area contributed by atoms with Crippen molar-refractivity contribution in [1.29, 1.82) is 0 Å². The van der Waals surface area contributed by atoms with Gasteiger partial charge in [0.25, 0.3) is 0 Å². The molecule has 0 spiro atoms. The summed E-state index contributed by atoms with van der Waals surface area (Å²) in [5, 5.41) is 2.57. The van der Waals surface area contributed by atoms with E-state index < -0.39 is 23.7 Å². The van der Waals surface area contributed by atoms with Gasteiger partial charge in [0.2, 0.25) is 0 Å². The number of halogens is 1. The molecule has 0 aromatic heterocycles. The van der Waals surface area contributed by atoms with Gasteiger partial charge in [0.1, 0.15) is 16.3 Å². The van der Waals surface area contributed by atoms with E-state index in [1.165, 1.54) is 0 Å². The van der Waals surface area contributed by atoms with E-state index in [9.17, 15) is 9.59 Å². The van der Waals surface area contributed by atoms with Crippen molar-refractivity contribution in [2.24, 2.45) is 0 Å². The van der Waals surface area contributed by atoms with E-state index in [1.807, 2.05) is 52.9 Å². The summed E-state index contributed by atoms with van der Waals surface area (Å²) >= 11 is 1.94. The maximum absolute atomic E-state index is 12.0. The summed E-state index contributed by atoms with van der Waals surface area (Å²) in [5.41, 5.74) is 0.318. The molecule has 1 aromatic carbocycles. The molecule has 0 radical (unpaired) electrons. The largest absolute Gasteiger partial charge is 0.453 e. The maximum Gasteiger partial charge on any atom is 0.408 e. The Balaban J connectivity index is 2.73. The minimum atomic E-state index is -0.767. The number of amides is 1. The summed E-state index contributed by atoms with van der Waals surface area (Å²) in [6, 6.07) is 8.66. The summed E-state index contributed by atoms with van der Waals surface area (Å²) in [6.45, 7) is 5.30. The minimum absolute atomic E-state index is 0.234. The zero-order chi connectivity index (χ0) is 15.9. The van der Waals surface area contributed by atoms with Gasteiger partial charge >= 0.3 is 12.1 Å². The standard InChI is InChI=1S/C15H20INO4/c1-15(2,3)21-14(19)17-12(13(18)20-10-16)9-11-7-5-4-6-8-11/h4-8,12H,9-10H2,1-3H3,(H,17,19)/t12-/m0/s1. The van der Waals surface area contributed by atoms with Crippen LogP contribution in [0.1, 0.15) is 26.3 Å². The van der Waals surface area contributed by atoms with Gasteiger partial charge in [0.15, 0.2) is 0 Å². The van der Waals surface area contributed by atoms with Crippen LogP contribution in [-0.2, 0) is 20.7 Å². The average Bonchev–Trinajstić information content (AvgIpc) is 2.37. The Labute approximate surface area is 138 Å². The van der Waals surface area contributed by atoms with Gasteiger partial charge in [-0.1, -0.05) is 30.3 Å². The number of carbonyl (C=O) groups excluding carboxylic acids is 2. The smallest absolute Gasteiger partial charge is 0.408 e. The first-order valence-electron chi connectivity index (χ1n) is 6.58. The zero-order valence-corrected chi connectivity index (χ0v) is 14.5. The fourth-order valence-electron chi connectivity index (χ4n) is 1.65.